The first-order valence-corrected chi connectivity index (χ1v) is 9.29. The summed E-state index contributed by atoms with van der Waals surface area (Å²) in [7, 11) is 3.20. The van der Waals surface area contributed by atoms with Gasteiger partial charge in [0.15, 0.2) is 5.16 Å². The first-order chi connectivity index (χ1) is 12.4. The number of fused-ring (bicyclic) bond motifs is 1. The molecule has 0 atom stereocenters. The fourth-order valence-electron chi connectivity index (χ4n) is 2.90. The van der Waals surface area contributed by atoms with E-state index < -0.39 is 0 Å². The van der Waals surface area contributed by atoms with Crippen molar-refractivity contribution in [2.75, 3.05) is 12.9 Å². The number of rotatable bonds is 5. The number of esters is 1. The second kappa shape index (κ2) is 7.37. The predicted octanol–water partition coefficient (Wildman–Crippen LogP) is 3.25. The average Bonchev–Trinajstić information content (AvgIpc) is 2.96. The predicted molar refractivity (Wildman–Crippen MR) is 104 cm³/mol. The second-order valence-corrected chi connectivity index (χ2v) is 7.19. The lowest BCUT2D eigenvalue weighted by molar-refractivity contribution is -0.137. The van der Waals surface area contributed by atoms with E-state index in [0.29, 0.717) is 16.2 Å². The first-order valence-electron chi connectivity index (χ1n) is 8.30. The molecule has 0 N–H and O–H groups in total. The van der Waals surface area contributed by atoms with Gasteiger partial charge in [0, 0.05) is 24.8 Å². The summed E-state index contributed by atoms with van der Waals surface area (Å²) < 4.78 is 8.16. The van der Waals surface area contributed by atoms with Gasteiger partial charge in [-0.15, -0.1) is 0 Å². The molecule has 0 aliphatic heterocycles. The summed E-state index contributed by atoms with van der Waals surface area (Å²) in [5.41, 5.74) is 2.99. The third-order valence-electron chi connectivity index (χ3n) is 4.14. The maximum Gasteiger partial charge on any atom is 0.316 e. The lowest BCUT2D eigenvalue weighted by atomic mass is 10.1. The Bertz CT molecular complexity index is 1010. The zero-order chi connectivity index (χ0) is 18.8. The Morgan fingerprint density at radius 1 is 1.27 bits per heavy atom. The smallest absolute Gasteiger partial charge is 0.316 e. The van der Waals surface area contributed by atoms with Crippen molar-refractivity contribution in [3.8, 4) is 11.1 Å². The van der Waals surface area contributed by atoms with Crippen LogP contribution < -0.4 is 5.56 Å². The Labute approximate surface area is 155 Å². The molecule has 3 rings (SSSR count). The van der Waals surface area contributed by atoms with Gasteiger partial charge in [-0.25, -0.2) is 4.98 Å². The summed E-state index contributed by atoms with van der Waals surface area (Å²) in [4.78, 5) is 29.4. The molecular formula is C19H21N3O3S. The fraction of sp³-hybridized carbons (Fsp3) is 0.316. The average molecular weight is 371 g/mol. The lowest BCUT2D eigenvalue weighted by Crippen LogP contribution is -2.26. The molecule has 1 aromatic carbocycles. The molecule has 0 spiro atoms. The molecular weight excluding hydrogens is 350 g/mol. The molecule has 0 bridgehead atoms. The van der Waals surface area contributed by atoms with Crippen molar-refractivity contribution in [2.45, 2.75) is 25.0 Å². The Morgan fingerprint density at radius 2 is 1.96 bits per heavy atom. The number of ether oxygens (including phenoxy) is 1. The lowest BCUT2D eigenvalue weighted by Gasteiger charge is -2.15. The van der Waals surface area contributed by atoms with Gasteiger partial charge >= 0.3 is 5.97 Å². The van der Waals surface area contributed by atoms with Gasteiger partial charge in [0.2, 0.25) is 0 Å². The zero-order valence-electron chi connectivity index (χ0n) is 15.2. The van der Waals surface area contributed by atoms with Gasteiger partial charge in [0.1, 0.15) is 11.0 Å². The number of nitrogens with zero attached hydrogens (tertiary/aromatic N) is 3. The van der Waals surface area contributed by atoms with E-state index in [0.717, 1.165) is 11.1 Å². The second-order valence-electron chi connectivity index (χ2n) is 6.25. The van der Waals surface area contributed by atoms with Crippen molar-refractivity contribution in [2.24, 2.45) is 7.05 Å². The summed E-state index contributed by atoms with van der Waals surface area (Å²) in [6.45, 7) is 3.86. The number of benzene rings is 1. The summed E-state index contributed by atoms with van der Waals surface area (Å²) in [5.74, 6) is -0.245. The van der Waals surface area contributed by atoms with Crippen LogP contribution in [0.25, 0.3) is 22.2 Å². The van der Waals surface area contributed by atoms with E-state index in [1.165, 1.54) is 18.9 Å². The number of carbonyl (C=O) groups is 1. The van der Waals surface area contributed by atoms with Crippen molar-refractivity contribution in [3.63, 3.8) is 0 Å². The first kappa shape index (κ1) is 18.3. The number of hydrogen-bond donors (Lipinski definition) is 0. The van der Waals surface area contributed by atoms with Gasteiger partial charge in [-0.2, -0.15) is 0 Å². The topological polar surface area (TPSA) is 66.1 Å². The third-order valence-corrected chi connectivity index (χ3v) is 5.06. The summed E-state index contributed by atoms with van der Waals surface area (Å²) in [6.07, 6.45) is 1.92. The largest absolute Gasteiger partial charge is 0.468 e. The number of hydrogen-bond acceptors (Lipinski definition) is 5. The van der Waals surface area contributed by atoms with Gasteiger partial charge in [-0.3, -0.25) is 14.2 Å². The van der Waals surface area contributed by atoms with Gasteiger partial charge in [0.05, 0.1) is 12.9 Å². The zero-order valence-corrected chi connectivity index (χ0v) is 16.0. The minimum Gasteiger partial charge on any atom is -0.468 e. The molecule has 0 saturated carbocycles. The van der Waals surface area contributed by atoms with Crippen LogP contribution in [0.5, 0.6) is 0 Å². The standard InChI is InChI=1S/C19H21N3O3S/c1-12(2)22-18(24)17-16(20-19(22)26-11-15(23)25-4)14(10-21(17)3)13-8-6-5-7-9-13/h5-10,12H,11H2,1-4H3. The van der Waals surface area contributed by atoms with Crippen molar-refractivity contribution in [3.05, 3.63) is 46.9 Å². The molecule has 136 valence electrons. The van der Waals surface area contributed by atoms with Crippen LogP contribution in [0.1, 0.15) is 19.9 Å². The van der Waals surface area contributed by atoms with Crippen LogP contribution in [0.3, 0.4) is 0 Å². The Balaban J connectivity index is 2.24. The molecule has 0 fully saturated rings. The van der Waals surface area contributed by atoms with Crippen LogP contribution in [-0.2, 0) is 16.6 Å². The number of carbonyl (C=O) groups excluding carboxylic acids is 1. The molecule has 3 aromatic rings. The SMILES string of the molecule is COC(=O)CSc1nc2c(-c3ccccc3)cn(C)c2c(=O)n1C(C)C. The number of thioether (sulfide) groups is 1. The monoisotopic (exact) mass is 371 g/mol. The number of aromatic nitrogens is 3. The highest BCUT2D eigenvalue weighted by molar-refractivity contribution is 7.99. The molecule has 6 nitrogen and oxygen atoms in total. The van der Waals surface area contributed by atoms with Gasteiger partial charge < -0.3 is 9.30 Å². The van der Waals surface area contributed by atoms with Crippen LogP contribution in [-0.4, -0.2) is 33.0 Å². The van der Waals surface area contributed by atoms with Crippen LogP contribution in [0, 0.1) is 0 Å². The molecule has 0 radical (unpaired) electrons. The van der Waals surface area contributed by atoms with Crippen LogP contribution in [0.15, 0.2) is 46.5 Å². The Kier molecular flexibility index (Phi) is 5.18. The molecule has 7 heteroatoms. The molecule has 0 amide bonds. The van der Waals surface area contributed by atoms with Gasteiger partial charge in [-0.05, 0) is 19.4 Å². The summed E-state index contributed by atoms with van der Waals surface area (Å²) in [6, 6.07) is 9.77. The highest BCUT2D eigenvalue weighted by Crippen LogP contribution is 2.29. The van der Waals surface area contributed by atoms with Crippen molar-refractivity contribution in [1.82, 2.24) is 14.1 Å². The van der Waals surface area contributed by atoms with Crippen molar-refractivity contribution >= 4 is 28.8 Å². The molecule has 0 saturated heterocycles. The van der Waals surface area contributed by atoms with E-state index in [4.69, 9.17) is 9.72 Å². The summed E-state index contributed by atoms with van der Waals surface area (Å²) in [5, 5.41) is 0.520. The fourth-order valence-corrected chi connectivity index (χ4v) is 3.85. The Hall–Kier alpha value is -2.54. The van der Waals surface area contributed by atoms with Crippen molar-refractivity contribution < 1.29 is 9.53 Å². The molecule has 2 aromatic heterocycles. The van der Waals surface area contributed by atoms with E-state index in [2.05, 4.69) is 0 Å². The van der Waals surface area contributed by atoms with E-state index in [1.807, 2.05) is 62.0 Å². The molecule has 0 aliphatic carbocycles. The third kappa shape index (κ3) is 3.26. The van der Waals surface area contributed by atoms with Crippen LogP contribution in [0.2, 0.25) is 0 Å². The van der Waals surface area contributed by atoms with Gasteiger partial charge in [0.25, 0.3) is 5.56 Å². The summed E-state index contributed by atoms with van der Waals surface area (Å²) >= 11 is 1.22. The van der Waals surface area contributed by atoms with Gasteiger partial charge in [-0.1, -0.05) is 42.1 Å². The highest BCUT2D eigenvalue weighted by Gasteiger charge is 2.20. The molecule has 0 unspecified atom stereocenters. The van der Waals surface area contributed by atoms with E-state index in [9.17, 15) is 9.59 Å². The van der Waals surface area contributed by atoms with E-state index >= 15 is 0 Å². The minimum absolute atomic E-state index is 0.0744. The quantitative estimate of drug-likeness (QED) is 0.391. The van der Waals surface area contributed by atoms with E-state index in [-0.39, 0.29) is 23.3 Å². The molecule has 2 heterocycles. The van der Waals surface area contributed by atoms with Crippen molar-refractivity contribution in [1.29, 1.82) is 0 Å². The Morgan fingerprint density at radius 3 is 2.58 bits per heavy atom. The van der Waals surface area contributed by atoms with Crippen LogP contribution >= 0.6 is 11.8 Å². The normalized spacial score (nSPS) is 11.3. The molecule has 26 heavy (non-hydrogen) atoms. The number of aryl methyl sites for hydroxylation is 1. The van der Waals surface area contributed by atoms with E-state index in [1.54, 1.807) is 4.57 Å². The number of methoxy groups -OCH3 is 1. The van der Waals surface area contributed by atoms with Crippen LogP contribution in [0.4, 0.5) is 0 Å². The maximum atomic E-state index is 13.1. The highest BCUT2D eigenvalue weighted by atomic mass is 32.2. The minimum atomic E-state index is -0.351. The maximum absolute atomic E-state index is 13.1. The molecule has 0 aliphatic rings.